The molecule has 1 aromatic carbocycles. The van der Waals surface area contributed by atoms with E-state index in [0.717, 1.165) is 29.9 Å². The van der Waals surface area contributed by atoms with E-state index in [0.29, 0.717) is 12.3 Å². The molecule has 0 aliphatic heterocycles. The summed E-state index contributed by atoms with van der Waals surface area (Å²) in [5.41, 5.74) is 1.90. The lowest BCUT2D eigenvalue weighted by Gasteiger charge is -2.21. The molecule has 0 bridgehead atoms. The fourth-order valence-electron chi connectivity index (χ4n) is 2.75. The minimum Gasteiger partial charge on any atom is -0.480 e. The van der Waals surface area contributed by atoms with E-state index in [9.17, 15) is 9.90 Å². The highest BCUT2D eigenvalue weighted by molar-refractivity contribution is 5.74. The highest BCUT2D eigenvalue weighted by atomic mass is 16.4. The highest BCUT2D eigenvalue weighted by Crippen LogP contribution is 2.22. The molecule has 28 heavy (non-hydrogen) atoms. The SMILES string of the molecule is C=CN(/C=C\C)C(CC#CCCCc1nc(-c2ccccc2)oc1C)C(=O)O. The van der Waals surface area contributed by atoms with Crippen molar-refractivity contribution in [2.45, 2.75) is 45.6 Å². The molecule has 0 radical (unpaired) electrons. The normalized spacial score (nSPS) is 11.6. The van der Waals surface area contributed by atoms with Gasteiger partial charge in [-0.25, -0.2) is 9.78 Å². The van der Waals surface area contributed by atoms with E-state index >= 15 is 0 Å². The maximum absolute atomic E-state index is 11.4. The van der Waals surface area contributed by atoms with E-state index in [-0.39, 0.29) is 6.42 Å². The van der Waals surface area contributed by atoms with Gasteiger partial charge >= 0.3 is 5.97 Å². The number of rotatable bonds is 9. The zero-order valence-corrected chi connectivity index (χ0v) is 16.4. The van der Waals surface area contributed by atoms with Crippen LogP contribution in [0.25, 0.3) is 11.5 Å². The Morgan fingerprint density at radius 1 is 1.36 bits per heavy atom. The molecule has 5 nitrogen and oxygen atoms in total. The number of aryl methyl sites for hydroxylation is 2. The van der Waals surface area contributed by atoms with Crippen LogP contribution < -0.4 is 0 Å². The molecule has 0 aliphatic carbocycles. The lowest BCUT2D eigenvalue weighted by molar-refractivity contribution is -0.141. The standard InChI is InChI=1S/C23H26N2O3/c1-4-17-25(5-2)21(23(26)27)16-12-7-6-11-15-20-18(3)28-22(24-20)19-13-9-8-10-14-19/h4-5,8-10,13-14,17,21H,2,6,11,15-16H2,1,3H3,(H,26,27)/b17-4-. The summed E-state index contributed by atoms with van der Waals surface area (Å²) in [7, 11) is 0. The number of unbranched alkanes of at least 4 members (excludes halogenated alkanes) is 1. The van der Waals surface area contributed by atoms with Crippen LogP contribution in [0, 0.1) is 18.8 Å². The van der Waals surface area contributed by atoms with Gasteiger partial charge in [0.2, 0.25) is 5.89 Å². The van der Waals surface area contributed by atoms with Crippen molar-refractivity contribution in [3.05, 3.63) is 66.8 Å². The van der Waals surface area contributed by atoms with Crippen LogP contribution in [0.15, 0.2) is 59.8 Å². The topological polar surface area (TPSA) is 66.6 Å². The van der Waals surface area contributed by atoms with Crippen LogP contribution in [0.2, 0.25) is 0 Å². The second kappa shape index (κ2) is 10.8. The fourth-order valence-corrected chi connectivity index (χ4v) is 2.75. The van der Waals surface area contributed by atoms with Crippen molar-refractivity contribution >= 4 is 5.97 Å². The maximum atomic E-state index is 11.4. The Labute approximate surface area is 166 Å². The van der Waals surface area contributed by atoms with E-state index in [2.05, 4.69) is 23.4 Å². The Morgan fingerprint density at radius 3 is 2.75 bits per heavy atom. The minimum atomic E-state index is -0.918. The van der Waals surface area contributed by atoms with Crippen LogP contribution in [0.1, 0.15) is 37.6 Å². The zero-order valence-electron chi connectivity index (χ0n) is 16.4. The molecular formula is C23H26N2O3. The first-order valence-electron chi connectivity index (χ1n) is 9.29. The maximum Gasteiger partial charge on any atom is 0.327 e. The van der Waals surface area contributed by atoms with Gasteiger partial charge < -0.3 is 14.4 Å². The molecule has 1 atom stereocenters. The fraction of sp³-hybridized carbons (Fsp3) is 0.304. The number of hydrogen-bond donors (Lipinski definition) is 1. The van der Waals surface area contributed by atoms with Gasteiger partial charge in [-0.15, -0.1) is 11.8 Å². The summed E-state index contributed by atoms with van der Waals surface area (Å²) in [6.07, 6.45) is 7.49. The molecule has 1 heterocycles. The van der Waals surface area contributed by atoms with Gasteiger partial charge in [-0.1, -0.05) is 30.9 Å². The predicted molar refractivity (Wildman–Crippen MR) is 110 cm³/mol. The molecule has 0 aliphatic rings. The number of benzene rings is 1. The van der Waals surface area contributed by atoms with E-state index in [4.69, 9.17) is 4.42 Å². The Balaban J connectivity index is 1.87. The first kappa shape index (κ1) is 21.0. The predicted octanol–water partition coefficient (Wildman–Crippen LogP) is 4.80. The molecule has 146 valence electrons. The Bertz CT molecular complexity index is 872. The molecule has 2 aromatic rings. The monoisotopic (exact) mass is 378 g/mol. The summed E-state index contributed by atoms with van der Waals surface area (Å²) >= 11 is 0. The molecule has 1 aromatic heterocycles. The molecule has 5 heteroatoms. The molecule has 0 fully saturated rings. The third kappa shape index (κ3) is 5.88. The van der Waals surface area contributed by atoms with Gasteiger partial charge in [-0.2, -0.15) is 0 Å². The first-order chi connectivity index (χ1) is 13.6. The molecular weight excluding hydrogens is 352 g/mol. The van der Waals surface area contributed by atoms with Crippen molar-refractivity contribution in [2.75, 3.05) is 0 Å². The van der Waals surface area contributed by atoms with Crippen molar-refractivity contribution in [2.24, 2.45) is 0 Å². The molecule has 2 rings (SSSR count). The van der Waals surface area contributed by atoms with Crippen molar-refractivity contribution in [1.29, 1.82) is 0 Å². The van der Waals surface area contributed by atoms with E-state index in [1.807, 2.05) is 44.2 Å². The van der Waals surface area contributed by atoms with Crippen LogP contribution in [-0.2, 0) is 11.2 Å². The van der Waals surface area contributed by atoms with Crippen molar-refractivity contribution < 1.29 is 14.3 Å². The average molecular weight is 378 g/mol. The number of aliphatic carboxylic acids is 1. The molecule has 0 spiro atoms. The van der Waals surface area contributed by atoms with Crippen molar-refractivity contribution in [3.8, 4) is 23.3 Å². The van der Waals surface area contributed by atoms with Crippen LogP contribution in [0.3, 0.4) is 0 Å². The smallest absolute Gasteiger partial charge is 0.327 e. The quantitative estimate of drug-likeness (QED) is 0.501. The molecule has 1 N–H and O–H groups in total. The summed E-state index contributed by atoms with van der Waals surface area (Å²) in [6, 6.07) is 9.09. The average Bonchev–Trinajstić information content (AvgIpc) is 3.07. The summed E-state index contributed by atoms with van der Waals surface area (Å²) in [5, 5.41) is 9.37. The van der Waals surface area contributed by atoms with Crippen LogP contribution >= 0.6 is 0 Å². The first-order valence-corrected chi connectivity index (χ1v) is 9.29. The molecule has 1 unspecified atom stereocenters. The minimum absolute atomic E-state index is 0.243. The summed E-state index contributed by atoms with van der Waals surface area (Å²) < 4.78 is 5.76. The zero-order chi connectivity index (χ0) is 20.4. The summed E-state index contributed by atoms with van der Waals surface area (Å²) in [6.45, 7) is 7.40. The van der Waals surface area contributed by atoms with Gasteiger partial charge in [0.25, 0.3) is 0 Å². The third-order valence-electron chi connectivity index (χ3n) is 4.23. The number of carboxylic acid groups (broad SMARTS) is 1. The largest absolute Gasteiger partial charge is 0.480 e. The van der Waals surface area contributed by atoms with E-state index in [1.54, 1.807) is 17.2 Å². The number of hydrogen-bond acceptors (Lipinski definition) is 4. The van der Waals surface area contributed by atoms with Crippen molar-refractivity contribution in [3.63, 3.8) is 0 Å². The number of oxazole rings is 1. The Morgan fingerprint density at radius 2 is 2.11 bits per heavy atom. The van der Waals surface area contributed by atoms with Gasteiger partial charge in [0.1, 0.15) is 11.8 Å². The summed E-state index contributed by atoms with van der Waals surface area (Å²) in [4.78, 5) is 17.6. The van der Waals surface area contributed by atoms with Crippen LogP contribution in [-0.4, -0.2) is 27.0 Å². The number of nitrogens with zero attached hydrogens (tertiary/aromatic N) is 2. The van der Waals surface area contributed by atoms with Gasteiger partial charge in [0, 0.05) is 24.6 Å². The number of aromatic nitrogens is 1. The van der Waals surface area contributed by atoms with Crippen molar-refractivity contribution in [1.82, 2.24) is 9.88 Å². The van der Waals surface area contributed by atoms with Gasteiger partial charge in [-0.05, 0) is 45.0 Å². The van der Waals surface area contributed by atoms with Crippen LogP contribution in [0.5, 0.6) is 0 Å². The second-order valence-corrected chi connectivity index (χ2v) is 6.27. The Hall–Kier alpha value is -3.26. The lowest BCUT2D eigenvalue weighted by atomic mass is 10.1. The highest BCUT2D eigenvalue weighted by Gasteiger charge is 2.20. The molecule has 0 saturated carbocycles. The van der Waals surface area contributed by atoms with E-state index < -0.39 is 12.0 Å². The van der Waals surface area contributed by atoms with Crippen LogP contribution in [0.4, 0.5) is 0 Å². The third-order valence-corrected chi connectivity index (χ3v) is 4.23. The molecule has 0 saturated heterocycles. The number of allylic oxidation sites excluding steroid dienone is 1. The lowest BCUT2D eigenvalue weighted by Crippen LogP contribution is -2.33. The summed E-state index contributed by atoms with van der Waals surface area (Å²) in [5.74, 6) is 6.58. The number of carbonyl (C=O) groups is 1. The molecule has 0 amide bonds. The Kier molecular flexibility index (Phi) is 8.11. The number of carboxylic acids is 1. The van der Waals surface area contributed by atoms with Gasteiger partial charge in [0.15, 0.2) is 0 Å². The van der Waals surface area contributed by atoms with Gasteiger partial charge in [0.05, 0.1) is 5.69 Å². The van der Waals surface area contributed by atoms with E-state index in [1.165, 1.54) is 6.20 Å². The second-order valence-electron chi connectivity index (χ2n) is 6.27. The van der Waals surface area contributed by atoms with Gasteiger partial charge in [-0.3, -0.25) is 0 Å².